The van der Waals surface area contributed by atoms with Crippen molar-refractivity contribution in [1.82, 2.24) is 0 Å². The molecule has 46 unspecified atom stereocenters. The van der Waals surface area contributed by atoms with Crippen molar-refractivity contribution in [3.05, 3.63) is 36.0 Å². The number of carbonyl (C=O) groups excluding carboxylic acids is 2. The SMILES string of the molecule is C=CC(C)(O)CCC=C(C)C(=O)OC1C(O)C(COC2OC(C)C(O)C(O)C2O)OC(OC(=O)C23CCC(C)(C)CC2C2=CCC4C5(C)CCC(OC6OC(COC7OCC(O)C(O)C7OC7OCC(O)C(O)C7O)C(O)C(O)C6O)C(C)(C)C5CCC4(C)C2(C)CC3O)C1OC1OC(C)C(OC2OCC(O)C(OC3OCC(O)C(O)C3O)C2O)C(O)C1O. The van der Waals surface area contributed by atoms with Gasteiger partial charge in [-0.05, 0) is 143 Å². The Labute approximate surface area is 718 Å². The molecule has 13 aliphatic rings. The Balaban J connectivity index is 0.768. The fourth-order valence-corrected chi connectivity index (χ4v) is 22.2. The average molecular weight is 1780 g/mol. The molecule has 21 N–H and O–H groups in total. The second-order valence-electron chi connectivity index (χ2n) is 39.2. The van der Waals surface area contributed by atoms with Gasteiger partial charge in [-0.2, -0.15) is 0 Å². The number of hydrogen-bond acceptors (Lipinski definition) is 40. The van der Waals surface area contributed by atoms with Gasteiger partial charge in [0.05, 0.1) is 69.7 Å². The van der Waals surface area contributed by atoms with Crippen LogP contribution in [0.15, 0.2) is 36.0 Å². The minimum Gasteiger partial charge on any atom is -0.453 e. The highest BCUT2D eigenvalue weighted by molar-refractivity contribution is 5.88. The summed E-state index contributed by atoms with van der Waals surface area (Å²) >= 11 is 0. The van der Waals surface area contributed by atoms with Crippen molar-refractivity contribution >= 4 is 11.9 Å². The molecular formula is C84H134O40. The molecule has 0 radical (unpaired) electrons. The summed E-state index contributed by atoms with van der Waals surface area (Å²) in [6.45, 7) is 21.0. The third kappa shape index (κ3) is 18.6. The van der Waals surface area contributed by atoms with Crippen LogP contribution in [0.1, 0.15) is 147 Å². The average Bonchev–Trinajstić information content (AvgIpc) is 0.668. The van der Waals surface area contributed by atoms with Crippen molar-refractivity contribution in [3.63, 3.8) is 0 Å². The molecule has 124 heavy (non-hydrogen) atoms. The summed E-state index contributed by atoms with van der Waals surface area (Å²) in [5, 5.41) is 235. The molecule has 0 bridgehead atoms. The standard InChI is InChI=1S/C84H134O40/c1-13-80(9,107)20-14-15-33(2)68(105)119-65-53(95)43(32-112-69-59(101)54(96)48(90)34(3)114-69)117-76(67(65)123-73-61(103)56(98)63(35(4)115-73)120-72-62(104)64(41(88)30-110-72)121-70-57(99)49(91)38(85)27-108-70)124-77(106)84-24-23-78(5,6)25-37(84)36-16-17-45-81(10)21-19-47(79(7,8)44(81)18-22-82(45,11)83(36,12)26-46(84)89)118-74-60(102)55(97)52(94)42(116-74)31-113-75-66(51(93)40(87)29-111-75)122-71-58(100)50(92)39(86)28-109-71/h13,15-16,34-35,37-67,69-76,85-104,107H,1,14,17-32H2,2-12H3. The van der Waals surface area contributed by atoms with Crippen LogP contribution in [-0.4, -0.2) is 398 Å². The Hall–Kier alpha value is -3.28. The molecule has 8 heterocycles. The number of carbonyl (C=O) groups is 2. The predicted octanol–water partition coefficient (Wildman–Crippen LogP) is -4.94. The molecule has 40 heteroatoms. The maximum absolute atomic E-state index is 16.6. The van der Waals surface area contributed by atoms with Crippen LogP contribution < -0.4 is 0 Å². The summed E-state index contributed by atoms with van der Waals surface area (Å²) in [4.78, 5) is 31.3. The number of esters is 2. The first kappa shape index (κ1) is 98.2. The Morgan fingerprint density at radius 2 is 1.00 bits per heavy atom. The first-order chi connectivity index (χ1) is 58.1. The number of rotatable bonds is 24. The van der Waals surface area contributed by atoms with E-state index in [9.17, 15) is 112 Å². The van der Waals surface area contributed by atoms with Crippen LogP contribution in [0.4, 0.5) is 0 Å². The largest absolute Gasteiger partial charge is 0.453 e. The molecule has 4 saturated carbocycles. The molecule has 46 atom stereocenters. The molecule has 8 aliphatic heterocycles. The minimum absolute atomic E-state index is 0.0307. The Morgan fingerprint density at radius 3 is 1.64 bits per heavy atom. The van der Waals surface area contributed by atoms with Gasteiger partial charge in [0.1, 0.15) is 152 Å². The summed E-state index contributed by atoms with van der Waals surface area (Å²) in [6.07, 6.45) is -55.8. The van der Waals surface area contributed by atoms with Crippen LogP contribution in [0.5, 0.6) is 0 Å². The van der Waals surface area contributed by atoms with E-state index in [2.05, 4.69) is 61.1 Å². The van der Waals surface area contributed by atoms with E-state index in [1.807, 2.05) is 0 Å². The van der Waals surface area contributed by atoms with Gasteiger partial charge in [-0.25, -0.2) is 4.79 Å². The third-order valence-electron chi connectivity index (χ3n) is 30.3. The second kappa shape index (κ2) is 38.0. The van der Waals surface area contributed by atoms with Crippen LogP contribution >= 0.6 is 0 Å². The molecule has 8 saturated heterocycles. The van der Waals surface area contributed by atoms with Crippen molar-refractivity contribution in [2.45, 2.75) is 386 Å². The van der Waals surface area contributed by atoms with E-state index in [1.54, 1.807) is 0 Å². The lowest BCUT2D eigenvalue weighted by Gasteiger charge is -2.71. The molecule has 13 rings (SSSR count). The van der Waals surface area contributed by atoms with Gasteiger partial charge >= 0.3 is 11.9 Å². The van der Waals surface area contributed by atoms with Gasteiger partial charge in [0.15, 0.2) is 56.2 Å². The molecule has 710 valence electrons. The maximum atomic E-state index is 16.6. The molecule has 0 aromatic heterocycles. The van der Waals surface area contributed by atoms with Gasteiger partial charge in [-0.3, -0.25) is 4.79 Å². The van der Waals surface area contributed by atoms with Crippen molar-refractivity contribution in [2.75, 3.05) is 39.6 Å². The lowest BCUT2D eigenvalue weighted by molar-refractivity contribution is -0.381. The smallest absolute Gasteiger partial charge is 0.333 e. The number of allylic oxidation sites excluding steroid dienone is 3. The lowest BCUT2D eigenvalue weighted by atomic mass is 9.33. The first-order valence-corrected chi connectivity index (χ1v) is 43.4. The van der Waals surface area contributed by atoms with Gasteiger partial charge in [-0.15, -0.1) is 6.58 Å². The van der Waals surface area contributed by atoms with E-state index in [-0.39, 0.29) is 43.1 Å². The first-order valence-electron chi connectivity index (χ1n) is 43.4. The number of hydrogen-bond donors (Lipinski definition) is 21. The van der Waals surface area contributed by atoms with Crippen molar-refractivity contribution in [2.24, 2.45) is 50.2 Å². The van der Waals surface area contributed by atoms with Gasteiger partial charge in [-0.1, -0.05) is 72.3 Å². The summed E-state index contributed by atoms with van der Waals surface area (Å²) in [5.41, 5.74) is -5.31. The monoisotopic (exact) mass is 1780 g/mol. The quantitative estimate of drug-likeness (QED) is 0.0186. The van der Waals surface area contributed by atoms with Crippen molar-refractivity contribution in [3.8, 4) is 0 Å². The number of aliphatic hydroxyl groups is 21. The molecule has 40 nitrogen and oxygen atoms in total. The van der Waals surface area contributed by atoms with E-state index in [4.69, 9.17) is 80.5 Å². The van der Waals surface area contributed by atoms with E-state index >= 15 is 4.79 Å². The molecule has 0 aromatic rings. The number of fused-ring (bicyclic) bond motifs is 7. The lowest BCUT2D eigenvalue weighted by Crippen LogP contribution is -2.69. The minimum atomic E-state index is -2.21. The van der Waals surface area contributed by atoms with Crippen LogP contribution in [0.25, 0.3) is 0 Å². The van der Waals surface area contributed by atoms with E-state index in [1.165, 1.54) is 39.8 Å². The highest BCUT2D eigenvalue weighted by Crippen LogP contribution is 2.76. The summed E-state index contributed by atoms with van der Waals surface area (Å²) < 4.78 is 103. The zero-order chi connectivity index (χ0) is 90.6. The summed E-state index contributed by atoms with van der Waals surface area (Å²) in [5.74, 6) is -3.01. The van der Waals surface area contributed by atoms with Crippen LogP contribution in [0.2, 0.25) is 0 Å². The predicted molar refractivity (Wildman–Crippen MR) is 416 cm³/mol. The molecule has 0 spiro atoms. The fourth-order valence-electron chi connectivity index (χ4n) is 22.2. The normalized spacial score (nSPS) is 51.5. The number of ether oxygens (including phenoxy) is 17. The maximum Gasteiger partial charge on any atom is 0.333 e. The van der Waals surface area contributed by atoms with Gasteiger partial charge in [0.25, 0.3) is 0 Å². The molecule has 0 aromatic carbocycles. The van der Waals surface area contributed by atoms with Crippen LogP contribution in [0, 0.1) is 50.2 Å². The fraction of sp³-hybridized carbons (Fsp3) is 0.905. The molecule has 5 aliphatic carbocycles. The van der Waals surface area contributed by atoms with Gasteiger partial charge in [0.2, 0.25) is 6.29 Å². The third-order valence-corrected chi connectivity index (χ3v) is 30.3. The zero-order valence-electron chi connectivity index (χ0n) is 71.8. The topological polar surface area (TPSA) is 616 Å². The molecule has 0 amide bonds. The van der Waals surface area contributed by atoms with Crippen LogP contribution in [0.3, 0.4) is 0 Å². The second-order valence-corrected chi connectivity index (χ2v) is 39.2. The highest BCUT2D eigenvalue weighted by atomic mass is 16.8. The Bertz CT molecular complexity index is 3690. The summed E-state index contributed by atoms with van der Waals surface area (Å²) in [7, 11) is 0. The zero-order valence-corrected chi connectivity index (χ0v) is 71.8. The Morgan fingerprint density at radius 1 is 0.484 bits per heavy atom. The van der Waals surface area contributed by atoms with Gasteiger partial charge < -0.3 is 188 Å². The number of aliphatic hydroxyl groups excluding tert-OH is 20. The van der Waals surface area contributed by atoms with Crippen LogP contribution in [-0.2, 0) is 90.1 Å². The highest BCUT2D eigenvalue weighted by Gasteiger charge is 2.73. The van der Waals surface area contributed by atoms with E-state index < -0.39 is 329 Å². The van der Waals surface area contributed by atoms with E-state index in [0.29, 0.717) is 44.9 Å². The molecule has 12 fully saturated rings. The summed E-state index contributed by atoms with van der Waals surface area (Å²) in [6, 6.07) is 0. The van der Waals surface area contributed by atoms with Gasteiger partial charge in [0, 0.05) is 5.57 Å². The van der Waals surface area contributed by atoms with E-state index in [0.717, 1.165) is 5.57 Å². The van der Waals surface area contributed by atoms with Crippen molar-refractivity contribution in [1.29, 1.82) is 0 Å². The van der Waals surface area contributed by atoms with Crippen molar-refractivity contribution < 1.29 is 197 Å². The Kier molecular flexibility index (Phi) is 30.1. The molecular weight excluding hydrogens is 1650 g/mol.